The number of aryl methyl sites for hydroxylation is 2. The van der Waals surface area contributed by atoms with E-state index in [1.807, 2.05) is 35.7 Å². The molecule has 0 bridgehead atoms. The van der Waals surface area contributed by atoms with Crippen LogP contribution in [-0.2, 0) is 0 Å². The highest BCUT2D eigenvalue weighted by Crippen LogP contribution is 2.36. The van der Waals surface area contributed by atoms with Crippen LogP contribution in [0.5, 0.6) is 0 Å². The number of hydrogen-bond acceptors (Lipinski definition) is 3. The summed E-state index contributed by atoms with van der Waals surface area (Å²) in [5, 5.41) is 0.476. The van der Waals surface area contributed by atoms with Crippen molar-refractivity contribution >= 4 is 17.7 Å². The van der Waals surface area contributed by atoms with E-state index in [-0.39, 0.29) is 5.91 Å². The zero-order valence-electron chi connectivity index (χ0n) is 13.7. The molecule has 1 atom stereocenters. The summed E-state index contributed by atoms with van der Waals surface area (Å²) in [6.45, 7) is 5.68. The molecule has 1 aromatic carbocycles. The van der Waals surface area contributed by atoms with E-state index < -0.39 is 0 Å². The Kier molecular flexibility index (Phi) is 5.01. The predicted octanol–water partition coefficient (Wildman–Crippen LogP) is 4.02. The highest BCUT2D eigenvalue weighted by Gasteiger charge is 2.24. The Morgan fingerprint density at radius 2 is 2.00 bits per heavy atom. The van der Waals surface area contributed by atoms with E-state index >= 15 is 0 Å². The molecule has 0 unspecified atom stereocenters. The van der Waals surface area contributed by atoms with Crippen molar-refractivity contribution in [3.05, 3.63) is 65.0 Å². The molecular weight excluding hydrogens is 304 g/mol. The van der Waals surface area contributed by atoms with E-state index in [4.69, 9.17) is 0 Å². The Hall–Kier alpha value is -1.81. The lowest BCUT2D eigenvalue weighted by molar-refractivity contribution is 0.0765. The Morgan fingerprint density at radius 3 is 2.78 bits per heavy atom. The zero-order chi connectivity index (χ0) is 16.2. The maximum absolute atomic E-state index is 12.8. The second kappa shape index (κ2) is 7.18. The summed E-state index contributed by atoms with van der Waals surface area (Å²) in [5.74, 6) is 1.09. The largest absolute Gasteiger partial charge is 0.338 e. The number of benzene rings is 1. The second-order valence-electron chi connectivity index (χ2n) is 5.93. The van der Waals surface area contributed by atoms with Gasteiger partial charge < -0.3 is 4.90 Å². The molecule has 1 saturated heterocycles. The normalized spacial score (nSPS) is 18.5. The molecule has 0 radical (unpaired) electrons. The van der Waals surface area contributed by atoms with Gasteiger partial charge in [-0.1, -0.05) is 24.3 Å². The molecule has 2 heterocycles. The van der Waals surface area contributed by atoms with E-state index in [1.165, 1.54) is 11.1 Å². The second-order valence-corrected chi connectivity index (χ2v) is 7.24. The monoisotopic (exact) mass is 326 g/mol. The maximum Gasteiger partial charge on any atom is 0.255 e. The van der Waals surface area contributed by atoms with Crippen LogP contribution in [-0.4, -0.2) is 34.6 Å². The quantitative estimate of drug-likeness (QED) is 0.836. The van der Waals surface area contributed by atoms with Crippen LogP contribution in [0.3, 0.4) is 0 Å². The molecule has 1 fully saturated rings. The topological polar surface area (TPSA) is 33.2 Å². The van der Waals surface area contributed by atoms with E-state index in [2.05, 4.69) is 36.2 Å². The lowest BCUT2D eigenvalue weighted by atomic mass is 10.0. The van der Waals surface area contributed by atoms with Gasteiger partial charge in [-0.3, -0.25) is 9.78 Å². The summed E-state index contributed by atoms with van der Waals surface area (Å²) in [7, 11) is 0. The van der Waals surface area contributed by atoms with Crippen molar-refractivity contribution in [1.82, 2.24) is 9.88 Å². The summed E-state index contributed by atoms with van der Waals surface area (Å²) in [5.41, 5.74) is 4.29. The first kappa shape index (κ1) is 16.1. The summed E-state index contributed by atoms with van der Waals surface area (Å²) in [6, 6.07) is 12.3. The van der Waals surface area contributed by atoms with Gasteiger partial charge >= 0.3 is 0 Å². The third-order valence-corrected chi connectivity index (χ3v) is 5.71. The van der Waals surface area contributed by atoms with Gasteiger partial charge in [0.25, 0.3) is 5.91 Å². The van der Waals surface area contributed by atoms with Crippen molar-refractivity contribution in [2.45, 2.75) is 25.5 Å². The molecule has 3 nitrogen and oxygen atoms in total. The fourth-order valence-corrected chi connectivity index (χ4v) is 4.38. The van der Waals surface area contributed by atoms with Gasteiger partial charge in [-0.15, -0.1) is 0 Å². The van der Waals surface area contributed by atoms with Crippen molar-refractivity contribution in [2.75, 3.05) is 18.8 Å². The standard InChI is InChI=1S/C19H22N2OS/c1-14-6-3-4-7-16(14)18-9-11-21(12-13-23-18)19(22)17-8-5-10-20-15(17)2/h3-8,10,18H,9,11-13H2,1-2H3/t18-/m1/s1. The molecule has 0 aliphatic carbocycles. The smallest absolute Gasteiger partial charge is 0.255 e. The number of thioether (sulfide) groups is 1. The maximum atomic E-state index is 12.8. The van der Waals surface area contributed by atoms with Gasteiger partial charge in [0.05, 0.1) is 5.56 Å². The molecule has 1 aliphatic heterocycles. The molecule has 120 valence electrons. The van der Waals surface area contributed by atoms with E-state index in [9.17, 15) is 4.79 Å². The lowest BCUT2D eigenvalue weighted by Crippen LogP contribution is -2.33. The molecule has 3 rings (SSSR count). The van der Waals surface area contributed by atoms with Gasteiger partial charge in [-0.25, -0.2) is 0 Å². The van der Waals surface area contributed by atoms with Gasteiger partial charge in [0.1, 0.15) is 0 Å². The fourth-order valence-electron chi connectivity index (χ4n) is 3.05. The van der Waals surface area contributed by atoms with Crippen LogP contribution in [0.1, 0.15) is 38.8 Å². The van der Waals surface area contributed by atoms with Crippen LogP contribution in [0.4, 0.5) is 0 Å². The number of rotatable bonds is 2. The van der Waals surface area contributed by atoms with Crippen LogP contribution in [0, 0.1) is 13.8 Å². The van der Waals surface area contributed by atoms with Gasteiger partial charge in [0, 0.05) is 36.0 Å². The summed E-state index contributed by atoms with van der Waals surface area (Å²) < 4.78 is 0. The molecule has 0 saturated carbocycles. The average Bonchev–Trinajstić information content (AvgIpc) is 2.81. The van der Waals surface area contributed by atoms with Gasteiger partial charge in [-0.05, 0) is 43.5 Å². The van der Waals surface area contributed by atoms with Crippen LogP contribution in [0.15, 0.2) is 42.6 Å². The minimum absolute atomic E-state index is 0.113. The van der Waals surface area contributed by atoms with Gasteiger partial charge in [0.2, 0.25) is 0 Å². The summed E-state index contributed by atoms with van der Waals surface area (Å²) in [6.07, 6.45) is 2.74. The van der Waals surface area contributed by atoms with E-state index in [0.29, 0.717) is 5.25 Å². The highest BCUT2D eigenvalue weighted by molar-refractivity contribution is 7.99. The van der Waals surface area contributed by atoms with Crippen LogP contribution < -0.4 is 0 Å². The molecular formula is C19H22N2OS. The van der Waals surface area contributed by atoms with E-state index in [0.717, 1.165) is 36.5 Å². The number of amides is 1. The van der Waals surface area contributed by atoms with Crippen molar-refractivity contribution in [1.29, 1.82) is 0 Å². The summed E-state index contributed by atoms with van der Waals surface area (Å²) >= 11 is 1.96. The van der Waals surface area contributed by atoms with Crippen molar-refractivity contribution < 1.29 is 4.79 Å². The van der Waals surface area contributed by atoms with E-state index in [1.54, 1.807) is 6.20 Å². The lowest BCUT2D eigenvalue weighted by Gasteiger charge is -2.21. The first-order valence-corrected chi connectivity index (χ1v) is 9.09. The van der Waals surface area contributed by atoms with Crippen molar-refractivity contribution in [3.8, 4) is 0 Å². The number of pyridine rings is 1. The Morgan fingerprint density at radius 1 is 1.17 bits per heavy atom. The predicted molar refractivity (Wildman–Crippen MR) is 95.9 cm³/mol. The van der Waals surface area contributed by atoms with Crippen molar-refractivity contribution in [2.24, 2.45) is 0 Å². The summed E-state index contributed by atoms with van der Waals surface area (Å²) in [4.78, 5) is 19.0. The molecule has 1 amide bonds. The molecule has 1 aliphatic rings. The number of hydrogen-bond donors (Lipinski definition) is 0. The fraction of sp³-hybridized carbons (Fsp3) is 0.368. The van der Waals surface area contributed by atoms with Crippen molar-refractivity contribution in [3.63, 3.8) is 0 Å². The zero-order valence-corrected chi connectivity index (χ0v) is 14.5. The van der Waals surface area contributed by atoms with Gasteiger partial charge in [0.15, 0.2) is 0 Å². The van der Waals surface area contributed by atoms with Gasteiger partial charge in [-0.2, -0.15) is 11.8 Å². The van der Waals surface area contributed by atoms with Crippen LogP contribution in [0.2, 0.25) is 0 Å². The Balaban J connectivity index is 1.73. The molecule has 0 N–H and O–H groups in total. The first-order chi connectivity index (χ1) is 11.2. The Labute approximate surface area is 142 Å². The number of nitrogens with zero attached hydrogens (tertiary/aromatic N) is 2. The molecule has 2 aromatic rings. The highest BCUT2D eigenvalue weighted by atomic mass is 32.2. The molecule has 4 heteroatoms. The molecule has 1 aromatic heterocycles. The van der Waals surface area contributed by atoms with Crippen LogP contribution >= 0.6 is 11.8 Å². The molecule has 0 spiro atoms. The SMILES string of the molecule is Cc1ccccc1[C@H]1CCN(C(=O)c2cccnc2C)CCS1. The number of carbonyl (C=O) groups excluding carboxylic acids is 1. The third kappa shape index (κ3) is 3.58. The number of aromatic nitrogens is 1. The third-order valence-electron chi connectivity index (χ3n) is 4.40. The molecule has 23 heavy (non-hydrogen) atoms. The Bertz CT molecular complexity index is 701. The minimum Gasteiger partial charge on any atom is -0.338 e. The average molecular weight is 326 g/mol. The van der Waals surface area contributed by atoms with Crippen LogP contribution in [0.25, 0.3) is 0 Å². The minimum atomic E-state index is 0.113. The number of carbonyl (C=O) groups is 1. The first-order valence-electron chi connectivity index (χ1n) is 8.05.